The second-order valence-electron chi connectivity index (χ2n) is 5.50. The van der Waals surface area contributed by atoms with Crippen LogP contribution in [0, 0.1) is 5.92 Å². The van der Waals surface area contributed by atoms with Gasteiger partial charge in [0.25, 0.3) is 5.91 Å². The van der Waals surface area contributed by atoms with E-state index in [1.54, 1.807) is 31.3 Å². The molecule has 0 saturated carbocycles. The second-order valence-corrected chi connectivity index (χ2v) is 5.50. The van der Waals surface area contributed by atoms with Crippen molar-refractivity contribution in [3.05, 3.63) is 48.3 Å². The lowest BCUT2D eigenvalue weighted by atomic mass is 10.1. The van der Waals surface area contributed by atoms with Gasteiger partial charge >= 0.3 is 0 Å². The molecule has 0 radical (unpaired) electrons. The lowest BCUT2D eigenvalue weighted by Gasteiger charge is -2.15. The number of rotatable bonds is 7. The minimum Gasteiger partial charge on any atom is -0.455 e. The van der Waals surface area contributed by atoms with Gasteiger partial charge in [0.1, 0.15) is 11.4 Å². The predicted octanol–water partition coefficient (Wildman–Crippen LogP) is 2.03. The van der Waals surface area contributed by atoms with E-state index in [1.807, 2.05) is 19.1 Å². The highest BCUT2D eigenvalue weighted by Crippen LogP contribution is 2.29. The number of hydrogen-bond acceptors (Lipinski definition) is 5. The van der Waals surface area contributed by atoms with Gasteiger partial charge in [-0.15, -0.1) is 0 Å². The first-order chi connectivity index (χ1) is 12.0. The van der Waals surface area contributed by atoms with E-state index in [0.29, 0.717) is 23.7 Å². The highest BCUT2D eigenvalue weighted by Gasteiger charge is 2.15. The average molecular weight is 342 g/mol. The molecule has 0 aliphatic carbocycles. The van der Waals surface area contributed by atoms with Crippen molar-refractivity contribution in [1.82, 2.24) is 15.6 Å². The first kappa shape index (κ1) is 18.4. The fourth-order valence-corrected chi connectivity index (χ4v) is 2.17. The van der Waals surface area contributed by atoms with E-state index < -0.39 is 0 Å². The second kappa shape index (κ2) is 8.79. The molecule has 0 aliphatic heterocycles. The number of amides is 2. The Morgan fingerprint density at radius 1 is 1.20 bits per heavy atom. The molecule has 1 aromatic heterocycles. The molecule has 1 aromatic carbocycles. The summed E-state index contributed by atoms with van der Waals surface area (Å²) < 4.78 is 5.84. The van der Waals surface area contributed by atoms with Crippen LogP contribution in [0.4, 0.5) is 5.69 Å². The van der Waals surface area contributed by atoms with Crippen LogP contribution in [0.2, 0.25) is 0 Å². The number of carbonyl (C=O) groups excluding carboxylic acids is 2. The number of para-hydroxylation sites is 2. The number of carbonyl (C=O) groups is 2. The van der Waals surface area contributed by atoms with Gasteiger partial charge in [0.05, 0.1) is 5.69 Å². The summed E-state index contributed by atoms with van der Waals surface area (Å²) in [5.74, 6) is 0.359. The maximum atomic E-state index is 12.2. The van der Waals surface area contributed by atoms with Gasteiger partial charge in [-0.1, -0.05) is 19.1 Å². The number of nitrogens with one attached hydrogen (secondary N) is 3. The minimum atomic E-state index is -0.298. The Bertz CT molecular complexity index is 749. The first-order valence-corrected chi connectivity index (χ1v) is 7.95. The van der Waals surface area contributed by atoms with Crippen LogP contribution in [0.3, 0.4) is 0 Å². The van der Waals surface area contributed by atoms with Crippen LogP contribution < -0.4 is 20.7 Å². The smallest absolute Gasteiger partial charge is 0.269 e. The summed E-state index contributed by atoms with van der Waals surface area (Å²) in [5, 5.41) is 8.35. The normalized spacial score (nSPS) is 11.5. The molecule has 0 spiro atoms. The first-order valence-electron chi connectivity index (χ1n) is 7.95. The minimum absolute atomic E-state index is 0.105. The molecule has 132 valence electrons. The van der Waals surface area contributed by atoms with Crippen LogP contribution in [0.15, 0.2) is 42.6 Å². The molecule has 7 heteroatoms. The van der Waals surface area contributed by atoms with Crippen LogP contribution in [0.25, 0.3) is 0 Å². The molecule has 1 heterocycles. The Hall–Kier alpha value is -2.93. The fourth-order valence-electron chi connectivity index (χ4n) is 2.17. The van der Waals surface area contributed by atoms with Crippen LogP contribution >= 0.6 is 0 Å². The SMILES string of the molecule is CNCC(C)C(=O)Nc1ccccc1Oc1ccnc(C(=O)NC)c1. The quantitative estimate of drug-likeness (QED) is 0.716. The number of anilines is 1. The van der Waals surface area contributed by atoms with E-state index in [1.165, 1.54) is 13.2 Å². The Labute approximate surface area is 146 Å². The summed E-state index contributed by atoms with van der Waals surface area (Å²) in [6, 6.07) is 10.3. The zero-order chi connectivity index (χ0) is 18.2. The largest absolute Gasteiger partial charge is 0.455 e. The van der Waals surface area contributed by atoms with Gasteiger partial charge in [0.2, 0.25) is 5.91 Å². The van der Waals surface area contributed by atoms with E-state index in [0.717, 1.165) is 0 Å². The number of pyridine rings is 1. The molecular formula is C18H22N4O3. The Morgan fingerprint density at radius 3 is 2.68 bits per heavy atom. The van der Waals surface area contributed by atoms with E-state index in [2.05, 4.69) is 20.9 Å². The van der Waals surface area contributed by atoms with Crippen molar-refractivity contribution in [2.45, 2.75) is 6.92 Å². The Morgan fingerprint density at radius 2 is 1.96 bits per heavy atom. The van der Waals surface area contributed by atoms with Gasteiger partial charge in [-0.25, -0.2) is 0 Å². The molecule has 0 aliphatic rings. The van der Waals surface area contributed by atoms with Crippen LogP contribution in [-0.4, -0.2) is 37.4 Å². The van der Waals surface area contributed by atoms with Gasteiger partial charge in [-0.2, -0.15) is 0 Å². The van der Waals surface area contributed by atoms with Crippen molar-refractivity contribution >= 4 is 17.5 Å². The van der Waals surface area contributed by atoms with E-state index in [9.17, 15) is 9.59 Å². The fraction of sp³-hybridized carbons (Fsp3) is 0.278. The third kappa shape index (κ3) is 5.02. The lowest BCUT2D eigenvalue weighted by Crippen LogP contribution is -2.28. The maximum absolute atomic E-state index is 12.2. The summed E-state index contributed by atoms with van der Waals surface area (Å²) in [6.07, 6.45) is 1.50. The van der Waals surface area contributed by atoms with Gasteiger partial charge < -0.3 is 20.7 Å². The molecule has 0 fully saturated rings. The Balaban J connectivity index is 2.18. The summed E-state index contributed by atoms with van der Waals surface area (Å²) in [4.78, 5) is 27.9. The van der Waals surface area contributed by atoms with Crippen molar-refractivity contribution < 1.29 is 14.3 Å². The molecule has 25 heavy (non-hydrogen) atoms. The standard InChI is InChI=1S/C18H22N4O3/c1-12(11-19-2)17(23)22-14-6-4-5-7-16(14)25-13-8-9-21-15(10-13)18(24)20-3/h4-10,12,19H,11H2,1-3H3,(H,20,24)(H,22,23). The van der Waals surface area contributed by atoms with Crippen LogP contribution in [0.5, 0.6) is 11.5 Å². The number of hydrogen-bond donors (Lipinski definition) is 3. The molecule has 3 N–H and O–H groups in total. The topological polar surface area (TPSA) is 92.3 Å². The Kier molecular flexibility index (Phi) is 6.47. The van der Waals surface area contributed by atoms with E-state index in [4.69, 9.17) is 4.74 Å². The monoisotopic (exact) mass is 342 g/mol. The predicted molar refractivity (Wildman–Crippen MR) is 95.9 cm³/mol. The zero-order valence-electron chi connectivity index (χ0n) is 14.5. The number of nitrogens with zero attached hydrogens (tertiary/aromatic N) is 1. The summed E-state index contributed by atoms with van der Waals surface area (Å²) in [7, 11) is 3.34. The molecule has 2 aromatic rings. The summed E-state index contributed by atoms with van der Waals surface area (Å²) in [6.45, 7) is 2.42. The van der Waals surface area contributed by atoms with Crippen molar-refractivity contribution in [2.75, 3.05) is 26.0 Å². The third-order valence-electron chi connectivity index (χ3n) is 3.52. The maximum Gasteiger partial charge on any atom is 0.269 e. The lowest BCUT2D eigenvalue weighted by molar-refractivity contribution is -0.119. The average Bonchev–Trinajstić information content (AvgIpc) is 2.63. The van der Waals surface area contributed by atoms with Gasteiger partial charge in [-0.3, -0.25) is 14.6 Å². The van der Waals surface area contributed by atoms with Gasteiger partial charge in [0.15, 0.2) is 5.75 Å². The highest BCUT2D eigenvalue weighted by molar-refractivity contribution is 5.94. The molecule has 1 unspecified atom stereocenters. The number of benzene rings is 1. The molecule has 0 saturated heterocycles. The molecular weight excluding hydrogens is 320 g/mol. The van der Waals surface area contributed by atoms with Crippen molar-refractivity contribution in [3.63, 3.8) is 0 Å². The van der Waals surface area contributed by atoms with Crippen LogP contribution in [0.1, 0.15) is 17.4 Å². The van der Waals surface area contributed by atoms with Crippen molar-refractivity contribution in [1.29, 1.82) is 0 Å². The molecule has 7 nitrogen and oxygen atoms in total. The van der Waals surface area contributed by atoms with Crippen molar-refractivity contribution in [2.24, 2.45) is 5.92 Å². The summed E-state index contributed by atoms with van der Waals surface area (Å²) in [5.41, 5.74) is 0.818. The van der Waals surface area contributed by atoms with E-state index >= 15 is 0 Å². The van der Waals surface area contributed by atoms with E-state index in [-0.39, 0.29) is 23.4 Å². The zero-order valence-corrected chi connectivity index (χ0v) is 14.5. The number of ether oxygens (including phenoxy) is 1. The third-order valence-corrected chi connectivity index (χ3v) is 3.52. The molecule has 2 rings (SSSR count). The summed E-state index contributed by atoms with van der Waals surface area (Å²) >= 11 is 0. The molecule has 0 bridgehead atoms. The highest BCUT2D eigenvalue weighted by atomic mass is 16.5. The molecule has 1 atom stereocenters. The van der Waals surface area contributed by atoms with Gasteiger partial charge in [-0.05, 0) is 25.2 Å². The van der Waals surface area contributed by atoms with Crippen LogP contribution in [-0.2, 0) is 4.79 Å². The van der Waals surface area contributed by atoms with Crippen molar-refractivity contribution in [3.8, 4) is 11.5 Å². The number of aromatic nitrogens is 1. The molecule has 2 amide bonds. The van der Waals surface area contributed by atoms with Gasteiger partial charge in [0, 0.05) is 31.8 Å².